The van der Waals surface area contributed by atoms with Crippen molar-refractivity contribution in [2.45, 2.75) is 45.8 Å². The standard InChI is InChI=1S/C17H24ClNO2/c1-12(2)8-16(20)19-10-15(21-11-17(19,3)4)13-6-5-7-14(18)9-13/h5-7,9,12,15H,8,10-11H2,1-4H3. The van der Waals surface area contributed by atoms with Crippen LogP contribution >= 0.6 is 11.6 Å². The van der Waals surface area contributed by atoms with Crippen LogP contribution in [0.1, 0.15) is 45.8 Å². The molecule has 0 radical (unpaired) electrons. The van der Waals surface area contributed by atoms with E-state index in [4.69, 9.17) is 16.3 Å². The highest BCUT2D eigenvalue weighted by molar-refractivity contribution is 6.30. The van der Waals surface area contributed by atoms with Crippen molar-refractivity contribution in [3.63, 3.8) is 0 Å². The number of halogens is 1. The highest BCUT2D eigenvalue weighted by Crippen LogP contribution is 2.32. The Balaban J connectivity index is 2.17. The van der Waals surface area contributed by atoms with Crippen molar-refractivity contribution in [2.24, 2.45) is 5.92 Å². The first kappa shape index (κ1) is 16.3. The number of ether oxygens (including phenoxy) is 1. The Bertz CT molecular complexity index is 513. The lowest BCUT2D eigenvalue weighted by Crippen LogP contribution is -2.56. The van der Waals surface area contributed by atoms with Gasteiger partial charge in [-0.3, -0.25) is 4.79 Å². The highest BCUT2D eigenvalue weighted by atomic mass is 35.5. The normalized spacial score (nSPS) is 21.6. The van der Waals surface area contributed by atoms with E-state index in [0.29, 0.717) is 30.5 Å². The van der Waals surface area contributed by atoms with Crippen molar-refractivity contribution >= 4 is 17.5 Å². The van der Waals surface area contributed by atoms with Crippen LogP contribution in [0.4, 0.5) is 0 Å². The van der Waals surface area contributed by atoms with E-state index in [-0.39, 0.29) is 17.6 Å². The molecule has 0 N–H and O–H groups in total. The molecule has 0 aliphatic carbocycles. The molecule has 1 amide bonds. The van der Waals surface area contributed by atoms with Crippen molar-refractivity contribution < 1.29 is 9.53 Å². The third-order valence-corrected chi connectivity index (χ3v) is 4.06. The molecule has 1 aliphatic rings. The fourth-order valence-corrected chi connectivity index (χ4v) is 2.85. The number of carbonyl (C=O) groups excluding carboxylic acids is 1. The molecule has 0 saturated carbocycles. The van der Waals surface area contributed by atoms with Gasteiger partial charge in [0.25, 0.3) is 0 Å². The summed E-state index contributed by atoms with van der Waals surface area (Å²) < 4.78 is 5.97. The second kappa shape index (κ2) is 6.37. The maximum absolute atomic E-state index is 12.5. The van der Waals surface area contributed by atoms with Crippen LogP contribution in [0.5, 0.6) is 0 Å². The number of nitrogens with zero attached hydrogens (tertiary/aromatic N) is 1. The third kappa shape index (κ3) is 3.98. The van der Waals surface area contributed by atoms with E-state index in [1.54, 1.807) is 0 Å². The van der Waals surface area contributed by atoms with Crippen molar-refractivity contribution in [1.82, 2.24) is 4.90 Å². The minimum atomic E-state index is -0.263. The first-order valence-electron chi connectivity index (χ1n) is 7.47. The van der Waals surface area contributed by atoms with Gasteiger partial charge in [0.05, 0.1) is 18.7 Å². The Hall–Kier alpha value is -1.06. The van der Waals surface area contributed by atoms with Gasteiger partial charge in [0.1, 0.15) is 6.10 Å². The molecule has 2 rings (SSSR count). The Morgan fingerprint density at radius 2 is 2.19 bits per heavy atom. The molecule has 21 heavy (non-hydrogen) atoms. The summed E-state index contributed by atoms with van der Waals surface area (Å²) in [5.74, 6) is 0.561. The van der Waals surface area contributed by atoms with Crippen LogP contribution in [0, 0.1) is 5.92 Å². The van der Waals surface area contributed by atoms with E-state index in [1.165, 1.54) is 0 Å². The van der Waals surface area contributed by atoms with Gasteiger partial charge in [0.2, 0.25) is 5.91 Å². The molecular weight excluding hydrogens is 286 g/mol. The number of amides is 1. The van der Waals surface area contributed by atoms with Crippen LogP contribution in [0.25, 0.3) is 0 Å². The number of benzene rings is 1. The Morgan fingerprint density at radius 1 is 1.48 bits per heavy atom. The summed E-state index contributed by atoms with van der Waals surface area (Å²) in [4.78, 5) is 14.5. The molecule has 1 atom stereocenters. The van der Waals surface area contributed by atoms with Gasteiger partial charge in [-0.2, -0.15) is 0 Å². The Morgan fingerprint density at radius 3 is 2.81 bits per heavy atom. The van der Waals surface area contributed by atoms with E-state index >= 15 is 0 Å². The Kier molecular flexibility index (Phi) is 4.95. The number of hydrogen-bond donors (Lipinski definition) is 0. The van der Waals surface area contributed by atoms with Gasteiger partial charge in [0, 0.05) is 11.4 Å². The fraction of sp³-hybridized carbons (Fsp3) is 0.588. The zero-order valence-electron chi connectivity index (χ0n) is 13.2. The van der Waals surface area contributed by atoms with Crippen LogP contribution in [0.2, 0.25) is 5.02 Å². The molecule has 3 nitrogen and oxygen atoms in total. The van der Waals surface area contributed by atoms with Crippen molar-refractivity contribution in [3.8, 4) is 0 Å². The largest absolute Gasteiger partial charge is 0.369 e. The molecule has 1 aromatic carbocycles. The lowest BCUT2D eigenvalue weighted by molar-refractivity contribution is -0.155. The van der Waals surface area contributed by atoms with Gasteiger partial charge < -0.3 is 9.64 Å². The zero-order chi connectivity index (χ0) is 15.6. The van der Waals surface area contributed by atoms with E-state index in [2.05, 4.69) is 27.7 Å². The van der Waals surface area contributed by atoms with Crippen molar-refractivity contribution in [1.29, 1.82) is 0 Å². The maximum Gasteiger partial charge on any atom is 0.223 e. The lowest BCUT2D eigenvalue weighted by atomic mass is 9.96. The molecule has 0 aromatic heterocycles. The van der Waals surface area contributed by atoms with Gasteiger partial charge in [0.15, 0.2) is 0 Å². The van der Waals surface area contributed by atoms with Crippen molar-refractivity contribution in [3.05, 3.63) is 34.9 Å². The molecule has 1 aromatic rings. The second-order valence-electron chi connectivity index (χ2n) is 6.77. The topological polar surface area (TPSA) is 29.5 Å². The molecular formula is C17H24ClNO2. The summed E-state index contributed by atoms with van der Waals surface area (Å²) >= 11 is 6.05. The van der Waals surface area contributed by atoms with Gasteiger partial charge in [-0.1, -0.05) is 37.6 Å². The van der Waals surface area contributed by atoms with E-state index in [0.717, 1.165) is 5.56 Å². The van der Waals surface area contributed by atoms with Crippen molar-refractivity contribution in [2.75, 3.05) is 13.2 Å². The fourth-order valence-electron chi connectivity index (χ4n) is 2.66. The predicted octanol–water partition coefficient (Wildman–Crippen LogP) is 4.06. The summed E-state index contributed by atoms with van der Waals surface area (Å²) in [5.41, 5.74) is 0.765. The summed E-state index contributed by atoms with van der Waals surface area (Å²) in [6.07, 6.45) is 0.471. The van der Waals surface area contributed by atoms with Crippen LogP contribution in [-0.2, 0) is 9.53 Å². The summed E-state index contributed by atoms with van der Waals surface area (Å²) in [6.45, 7) is 9.37. The van der Waals surface area contributed by atoms with Gasteiger partial charge in [-0.15, -0.1) is 0 Å². The number of rotatable bonds is 3. The summed E-state index contributed by atoms with van der Waals surface area (Å²) in [7, 11) is 0. The number of hydrogen-bond acceptors (Lipinski definition) is 2. The second-order valence-corrected chi connectivity index (χ2v) is 7.21. The first-order chi connectivity index (χ1) is 9.79. The third-order valence-electron chi connectivity index (χ3n) is 3.82. The molecule has 1 saturated heterocycles. The summed E-state index contributed by atoms with van der Waals surface area (Å²) in [6, 6.07) is 7.68. The first-order valence-corrected chi connectivity index (χ1v) is 7.85. The average Bonchev–Trinajstić information content (AvgIpc) is 2.37. The summed E-state index contributed by atoms with van der Waals surface area (Å²) in [5, 5.41) is 0.695. The molecule has 1 fully saturated rings. The minimum Gasteiger partial charge on any atom is -0.369 e. The predicted molar refractivity (Wildman–Crippen MR) is 85.4 cm³/mol. The molecule has 1 aliphatic heterocycles. The zero-order valence-corrected chi connectivity index (χ0v) is 14.0. The minimum absolute atomic E-state index is 0.104. The van der Waals surface area contributed by atoms with Gasteiger partial charge in [-0.05, 0) is 37.5 Å². The van der Waals surface area contributed by atoms with Crippen LogP contribution in [0.3, 0.4) is 0 Å². The van der Waals surface area contributed by atoms with E-state index < -0.39 is 0 Å². The van der Waals surface area contributed by atoms with Crippen LogP contribution in [-0.4, -0.2) is 29.5 Å². The van der Waals surface area contributed by atoms with Gasteiger partial charge >= 0.3 is 0 Å². The molecule has 0 bridgehead atoms. The van der Waals surface area contributed by atoms with E-state index in [1.807, 2.05) is 29.2 Å². The molecule has 4 heteroatoms. The maximum atomic E-state index is 12.5. The monoisotopic (exact) mass is 309 g/mol. The number of morpholine rings is 1. The Labute approximate surface area is 132 Å². The van der Waals surface area contributed by atoms with E-state index in [9.17, 15) is 4.79 Å². The smallest absolute Gasteiger partial charge is 0.223 e. The molecule has 116 valence electrons. The van der Waals surface area contributed by atoms with Crippen LogP contribution in [0.15, 0.2) is 24.3 Å². The number of carbonyl (C=O) groups is 1. The van der Waals surface area contributed by atoms with Crippen LogP contribution < -0.4 is 0 Å². The quantitative estimate of drug-likeness (QED) is 0.842. The molecule has 0 spiro atoms. The highest BCUT2D eigenvalue weighted by Gasteiger charge is 2.38. The lowest BCUT2D eigenvalue weighted by Gasteiger charge is -2.45. The molecule has 1 heterocycles. The average molecular weight is 310 g/mol. The SMILES string of the molecule is CC(C)CC(=O)N1CC(c2cccc(Cl)c2)OCC1(C)C. The molecule has 1 unspecified atom stereocenters. The van der Waals surface area contributed by atoms with Gasteiger partial charge in [-0.25, -0.2) is 0 Å².